The highest BCUT2D eigenvalue weighted by molar-refractivity contribution is 5.91. The Morgan fingerprint density at radius 3 is 2.54 bits per heavy atom. The first-order chi connectivity index (χ1) is 17.8. The van der Waals surface area contributed by atoms with Gasteiger partial charge in [0.25, 0.3) is 5.91 Å². The molecule has 0 saturated carbocycles. The monoisotopic (exact) mass is 517 g/mol. The molecule has 1 amide bonds. The SMILES string of the molecule is O=C(NC[C@H]1CCCO1)c1coc(CN(Cc2ccc(C(F)(F)F)cc2)Cc2ccc3c(c2)OCO3)n1. The van der Waals surface area contributed by atoms with Crippen molar-refractivity contribution < 1.29 is 36.6 Å². The topological polar surface area (TPSA) is 86.1 Å². The van der Waals surface area contributed by atoms with Crippen molar-refractivity contribution in [1.29, 1.82) is 0 Å². The van der Waals surface area contributed by atoms with Crippen LogP contribution in [0.1, 0.15) is 45.9 Å². The fourth-order valence-corrected chi connectivity index (χ4v) is 4.30. The van der Waals surface area contributed by atoms with Gasteiger partial charge in [0, 0.05) is 26.2 Å². The molecule has 8 nitrogen and oxygen atoms in total. The molecule has 37 heavy (non-hydrogen) atoms. The lowest BCUT2D eigenvalue weighted by Crippen LogP contribution is -2.32. The zero-order valence-electron chi connectivity index (χ0n) is 19.9. The second-order valence-electron chi connectivity index (χ2n) is 9.00. The Kier molecular flexibility index (Phi) is 7.33. The van der Waals surface area contributed by atoms with Gasteiger partial charge in [-0.1, -0.05) is 18.2 Å². The van der Waals surface area contributed by atoms with Crippen LogP contribution in [-0.2, 0) is 30.5 Å². The molecule has 2 aromatic carbocycles. The van der Waals surface area contributed by atoms with E-state index >= 15 is 0 Å². The average molecular weight is 518 g/mol. The quantitative estimate of drug-likeness (QED) is 0.446. The number of carbonyl (C=O) groups excluding carboxylic acids is 1. The van der Waals surface area contributed by atoms with Crippen LogP contribution in [-0.4, -0.2) is 41.8 Å². The zero-order valence-corrected chi connectivity index (χ0v) is 19.9. The van der Waals surface area contributed by atoms with Crippen molar-refractivity contribution in [2.75, 3.05) is 19.9 Å². The number of halogens is 3. The largest absolute Gasteiger partial charge is 0.454 e. The lowest BCUT2D eigenvalue weighted by molar-refractivity contribution is -0.137. The molecule has 1 saturated heterocycles. The van der Waals surface area contributed by atoms with Crippen molar-refractivity contribution in [3.63, 3.8) is 0 Å². The summed E-state index contributed by atoms with van der Waals surface area (Å²) in [5.74, 6) is 1.25. The van der Waals surface area contributed by atoms with Gasteiger partial charge in [0.15, 0.2) is 17.2 Å². The van der Waals surface area contributed by atoms with Gasteiger partial charge in [-0.3, -0.25) is 9.69 Å². The minimum absolute atomic E-state index is 0.0104. The van der Waals surface area contributed by atoms with E-state index < -0.39 is 11.7 Å². The highest BCUT2D eigenvalue weighted by Crippen LogP contribution is 2.33. The number of nitrogens with zero attached hydrogens (tertiary/aromatic N) is 2. The minimum atomic E-state index is -4.40. The molecule has 0 radical (unpaired) electrons. The van der Waals surface area contributed by atoms with Gasteiger partial charge in [-0.25, -0.2) is 4.98 Å². The molecule has 196 valence electrons. The first-order valence-electron chi connectivity index (χ1n) is 11.9. The summed E-state index contributed by atoms with van der Waals surface area (Å²) >= 11 is 0. The van der Waals surface area contributed by atoms with Gasteiger partial charge in [-0.2, -0.15) is 13.2 Å². The molecule has 1 aromatic heterocycles. The molecule has 5 rings (SSSR count). The van der Waals surface area contributed by atoms with Crippen molar-refractivity contribution in [2.24, 2.45) is 0 Å². The van der Waals surface area contributed by atoms with Crippen LogP contribution in [0, 0.1) is 0 Å². The molecule has 1 N–H and O–H groups in total. The summed E-state index contributed by atoms with van der Waals surface area (Å²) < 4.78 is 60.9. The molecule has 0 aliphatic carbocycles. The van der Waals surface area contributed by atoms with Gasteiger partial charge in [-0.05, 0) is 48.2 Å². The summed E-state index contributed by atoms with van der Waals surface area (Å²) in [5.41, 5.74) is 1.06. The molecule has 0 unspecified atom stereocenters. The van der Waals surface area contributed by atoms with Gasteiger partial charge < -0.3 is 23.9 Å². The smallest absolute Gasteiger partial charge is 0.416 e. The average Bonchev–Trinajstić information content (AvgIpc) is 3.64. The van der Waals surface area contributed by atoms with Crippen LogP contribution in [0.5, 0.6) is 11.5 Å². The van der Waals surface area contributed by atoms with Crippen LogP contribution >= 0.6 is 0 Å². The molecular formula is C26H26F3N3O5. The summed E-state index contributed by atoms with van der Waals surface area (Å²) in [6.07, 6.45) is -1.20. The van der Waals surface area contributed by atoms with Crippen molar-refractivity contribution in [3.8, 4) is 11.5 Å². The van der Waals surface area contributed by atoms with Crippen molar-refractivity contribution in [2.45, 2.75) is 44.8 Å². The maximum absolute atomic E-state index is 13.0. The standard InChI is InChI=1S/C26H26F3N3O5/c27-26(28,29)19-6-3-17(4-7-19)12-32(13-18-5-8-22-23(10-18)37-16-36-22)14-24-31-21(15-35-24)25(33)30-11-20-2-1-9-34-20/h3-8,10,15,20H,1-2,9,11-14,16H2,(H,30,33)/t20-/m1/s1. The number of nitrogens with one attached hydrogen (secondary N) is 1. The fraction of sp³-hybridized carbons (Fsp3) is 0.385. The molecule has 0 spiro atoms. The number of oxazole rings is 1. The maximum atomic E-state index is 13.0. The predicted octanol–water partition coefficient (Wildman–Crippen LogP) is 4.53. The number of ether oxygens (including phenoxy) is 3. The summed E-state index contributed by atoms with van der Waals surface area (Å²) in [5, 5.41) is 2.81. The molecular weight excluding hydrogens is 491 g/mol. The van der Waals surface area contributed by atoms with Gasteiger partial charge in [0.2, 0.25) is 12.7 Å². The Morgan fingerprint density at radius 1 is 1.03 bits per heavy atom. The van der Waals surface area contributed by atoms with Gasteiger partial charge in [-0.15, -0.1) is 0 Å². The molecule has 3 heterocycles. The number of rotatable bonds is 9. The Balaban J connectivity index is 1.28. The number of alkyl halides is 3. The third-order valence-electron chi connectivity index (χ3n) is 6.19. The molecule has 3 aromatic rings. The van der Waals surface area contributed by atoms with Crippen LogP contribution < -0.4 is 14.8 Å². The van der Waals surface area contributed by atoms with E-state index in [-0.39, 0.29) is 31.0 Å². The van der Waals surface area contributed by atoms with Crippen LogP contribution in [0.2, 0.25) is 0 Å². The number of fused-ring (bicyclic) bond motifs is 1. The van der Waals surface area contributed by atoms with Crippen LogP contribution in [0.3, 0.4) is 0 Å². The lowest BCUT2D eigenvalue weighted by atomic mass is 10.1. The second-order valence-corrected chi connectivity index (χ2v) is 9.00. The summed E-state index contributed by atoms with van der Waals surface area (Å²) in [6, 6.07) is 10.6. The van der Waals surface area contributed by atoms with E-state index in [2.05, 4.69) is 10.3 Å². The van der Waals surface area contributed by atoms with E-state index in [1.165, 1.54) is 18.4 Å². The number of hydrogen-bond donors (Lipinski definition) is 1. The van der Waals surface area contributed by atoms with Crippen molar-refractivity contribution >= 4 is 5.91 Å². The fourth-order valence-electron chi connectivity index (χ4n) is 4.30. The molecule has 1 atom stereocenters. The van der Waals surface area contributed by atoms with E-state index in [1.807, 2.05) is 23.1 Å². The highest BCUT2D eigenvalue weighted by Gasteiger charge is 2.30. The molecule has 2 aliphatic heterocycles. The molecule has 1 fully saturated rings. The number of benzene rings is 2. The van der Waals surface area contributed by atoms with E-state index in [0.29, 0.717) is 49.2 Å². The highest BCUT2D eigenvalue weighted by atomic mass is 19.4. The molecule has 11 heteroatoms. The Bertz CT molecular complexity index is 1220. The van der Waals surface area contributed by atoms with Gasteiger partial charge in [0.05, 0.1) is 18.2 Å². The van der Waals surface area contributed by atoms with E-state index in [9.17, 15) is 18.0 Å². The first-order valence-corrected chi connectivity index (χ1v) is 11.9. The van der Waals surface area contributed by atoms with Crippen molar-refractivity contribution in [3.05, 3.63) is 77.0 Å². The third-order valence-corrected chi connectivity index (χ3v) is 6.19. The number of carbonyl (C=O) groups is 1. The van der Waals surface area contributed by atoms with E-state index in [1.54, 1.807) is 0 Å². The summed E-state index contributed by atoms with van der Waals surface area (Å²) in [7, 11) is 0. The van der Waals surface area contributed by atoms with Crippen LogP contribution in [0.4, 0.5) is 13.2 Å². The maximum Gasteiger partial charge on any atom is 0.416 e. The normalized spacial score (nSPS) is 16.9. The van der Waals surface area contributed by atoms with E-state index in [0.717, 1.165) is 30.5 Å². The van der Waals surface area contributed by atoms with Gasteiger partial charge in [0.1, 0.15) is 6.26 Å². The number of amides is 1. The molecule has 2 aliphatic rings. The first kappa shape index (κ1) is 25.1. The second kappa shape index (κ2) is 10.8. The minimum Gasteiger partial charge on any atom is -0.454 e. The van der Waals surface area contributed by atoms with Crippen LogP contribution in [0.25, 0.3) is 0 Å². The Hall–Kier alpha value is -3.57. The van der Waals surface area contributed by atoms with Gasteiger partial charge >= 0.3 is 6.18 Å². The van der Waals surface area contributed by atoms with Crippen molar-refractivity contribution in [1.82, 2.24) is 15.2 Å². The van der Waals surface area contributed by atoms with Crippen LogP contribution in [0.15, 0.2) is 53.1 Å². The number of aromatic nitrogens is 1. The predicted molar refractivity (Wildman–Crippen MR) is 125 cm³/mol. The Labute approximate surface area is 211 Å². The summed E-state index contributed by atoms with van der Waals surface area (Å²) in [4.78, 5) is 18.8. The zero-order chi connectivity index (χ0) is 25.8. The summed E-state index contributed by atoms with van der Waals surface area (Å²) in [6.45, 7) is 2.25. The lowest BCUT2D eigenvalue weighted by Gasteiger charge is -2.21. The third kappa shape index (κ3) is 6.41. The Morgan fingerprint density at radius 2 is 1.78 bits per heavy atom. The molecule has 0 bridgehead atoms. The van der Waals surface area contributed by atoms with E-state index in [4.69, 9.17) is 18.6 Å². The number of hydrogen-bond acceptors (Lipinski definition) is 7.